The summed E-state index contributed by atoms with van der Waals surface area (Å²) in [6, 6.07) is 10.5. The van der Waals surface area contributed by atoms with Crippen molar-refractivity contribution in [2.45, 2.75) is 23.8 Å². The molecule has 1 aromatic carbocycles. The first kappa shape index (κ1) is 18.6. The maximum absolute atomic E-state index is 13.0. The standard InChI is InChI=1S/C19H22N2O4S2/c22-19(21-9-1-3-17(21)18-4-2-14-26-18)15-5-7-16(8-6-15)27(23,24)20-10-12-25-13-11-20/h2,4-8,14,17H,1,3,9-13H2. The van der Waals surface area contributed by atoms with Gasteiger partial charge in [-0.3, -0.25) is 4.79 Å². The molecule has 8 heteroatoms. The third kappa shape index (κ3) is 3.67. The molecule has 0 spiro atoms. The number of sulfonamides is 1. The highest BCUT2D eigenvalue weighted by atomic mass is 32.2. The Bertz CT molecular complexity index is 888. The van der Waals surface area contributed by atoms with Gasteiger partial charge in [0.05, 0.1) is 24.2 Å². The molecule has 1 amide bonds. The van der Waals surface area contributed by atoms with Crippen molar-refractivity contribution in [3.05, 3.63) is 52.2 Å². The lowest BCUT2D eigenvalue weighted by Gasteiger charge is -2.26. The molecule has 27 heavy (non-hydrogen) atoms. The summed E-state index contributed by atoms with van der Waals surface area (Å²) in [5, 5.41) is 2.03. The van der Waals surface area contributed by atoms with Crippen LogP contribution in [0.4, 0.5) is 0 Å². The number of ether oxygens (including phenoxy) is 1. The number of rotatable bonds is 4. The molecule has 1 unspecified atom stereocenters. The Morgan fingerprint density at radius 3 is 2.48 bits per heavy atom. The van der Waals surface area contributed by atoms with Crippen LogP contribution in [0.3, 0.4) is 0 Å². The molecule has 1 atom stereocenters. The van der Waals surface area contributed by atoms with Crippen molar-refractivity contribution < 1.29 is 17.9 Å². The Morgan fingerprint density at radius 2 is 1.81 bits per heavy atom. The van der Waals surface area contributed by atoms with Gasteiger partial charge in [0.1, 0.15) is 0 Å². The fourth-order valence-electron chi connectivity index (χ4n) is 3.66. The van der Waals surface area contributed by atoms with Crippen molar-refractivity contribution in [3.8, 4) is 0 Å². The smallest absolute Gasteiger partial charge is 0.254 e. The Kier molecular flexibility index (Phi) is 5.32. The fourth-order valence-corrected chi connectivity index (χ4v) is 5.94. The minimum Gasteiger partial charge on any atom is -0.379 e. The summed E-state index contributed by atoms with van der Waals surface area (Å²) in [7, 11) is -3.54. The van der Waals surface area contributed by atoms with Crippen LogP contribution in [-0.2, 0) is 14.8 Å². The SMILES string of the molecule is O=C(c1ccc(S(=O)(=O)N2CCOCC2)cc1)N1CCCC1c1cccs1. The normalized spacial score (nSPS) is 21.5. The molecule has 2 aliphatic rings. The summed E-state index contributed by atoms with van der Waals surface area (Å²) in [5.74, 6) is -0.0405. The zero-order chi connectivity index (χ0) is 18.9. The quantitative estimate of drug-likeness (QED) is 0.783. The van der Waals surface area contributed by atoms with E-state index >= 15 is 0 Å². The molecule has 3 heterocycles. The highest BCUT2D eigenvalue weighted by Gasteiger charge is 2.32. The summed E-state index contributed by atoms with van der Waals surface area (Å²) in [5.41, 5.74) is 0.527. The summed E-state index contributed by atoms with van der Waals surface area (Å²) in [4.78, 5) is 16.3. The highest BCUT2D eigenvalue weighted by molar-refractivity contribution is 7.89. The van der Waals surface area contributed by atoms with Crippen LogP contribution in [0.5, 0.6) is 0 Å². The van der Waals surface area contributed by atoms with Gasteiger partial charge in [0.15, 0.2) is 0 Å². The molecule has 0 N–H and O–H groups in total. The van der Waals surface area contributed by atoms with Crippen LogP contribution in [0.2, 0.25) is 0 Å². The molecule has 0 saturated carbocycles. The Balaban J connectivity index is 1.52. The molecule has 2 fully saturated rings. The van der Waals surface area contributed by atoms with Gasteiger partial charge < -0.3 is 9.64 Å². The number of hydrogen-bond donors (Lipinski definition) is 0. The highest BCUT2D eigenvalue weighted by Crippen LogP contribution is 2.35. The number of carbonyl (C=O) groups is 1. The molecule has 0 aliphatic carbocycles. The number of amides is 1. The van der Waals surface area contributed by atoms with E-state index in [-0.39, 0.29) is 16.8 Å². The van der Waals surface area contributed by atoms with Crippen molar-refractivity contribution >= 4 is 27.3 Å². The maximum atomic E-state index is 13.0. The Morgan fingerprint density at radius 1 is 1.07 bits per heavy atom. The van der Waals surface area contributed by atoms with Crippen LogP contribution in [0.1, 0.15) is 34.1 Å². The zero-order valence-electron chi connectivity index (χ0n) is 14.9. The second kappa shape index (κ2) is 7.71. The molecular formula is C19H22N2O4S2. The van der Waals surface area contributed by atoms with E-state index in [1.54, 1.807) is 23.5 Å². The number of morpholine rings is 1. The van der Waals surface area contributed by atoms with E-state index in [1.165, 1.54) is 21.3 Å². The van der Waals surface area contributed by atoms with Crippen LogP contribution >= 0.6 is 11.3 Å². The summed E-state index contributed by atoms with van der Waals surface area (Å²) < 4.78 is 32.1. The van der Waals surface area contributed by atoms with Crippen LogP contribution in [-0.4, -0.2) is 56.4 Å². The number of nitrogens with zero attached hydrogens (tertiary/aromatic N) is 2. The van der Waals surface area contributed by atoms with E-state index in [2.05, 4.69) is 6.07 Å². The number of thiophene rings is 1. The predicted molar refractivity (Wildman–Crippen MR) is 103 cm³/mol. The van der Waals surface area contributed by atoms with Crippen molar-refractivity contribution in [3.63, 3.8) is 0 Å². The monoisotopic (exact) mass is 406 g/mol. The van der Waals surface area contributed by atoms with Gasteiger partial charge in [-0.1, -0.05) is 6.07 Å². The van der Waals surface area contributed by atoms with Gasteiger partial charge in [-0.15, -0.1) is 11.3 Å². The van der Waals surface area contributed by atoms with E-state index in [9.17, 15) is 13.2 Å². The van der Waals surface area contributed by atoms with Crippen molar-refractivity contribution in [2.75, 3.05) is 32.8 Å². The lowest BCUT2D eigenvalue weighted by molar-refractivity contribution is 0.0730. The van der Waals surface area contributed by atoms with E-state index in [0.717, 1.165) is 19.4 Å². The maximum Gasteiger partial charge on any atom is 0.254 e. The van der Waals surface area contributed by atoms with Crippen molar-refractivity contribution in [2.24, 2.45) is 0 Å². The summed E-state index contributed by atoms with van der Waals surface area (Å²) in [6.45, 7) is 2.28. The second-order valence-corrected chi connectivity index (χ2v) is 9.63. The van der Waals surface area contributed by atoms with Gasteiger partial charge in [-0.25, -0.2) is 8.42 Å². The van der Waals surface area contributed by atoms with Gasteiger partial charge in [-0.05, 0) is 48.6 Å². The molecule has 0 bridgehead atoms. The van der Waals surface area contributed by atoms with E-state index in [0.29, 0.717) is 31.9 Å². The summed E-state index contributed by atoms with van der Waals surface area (Å²) >= 11 is 1.67. The number of likely N-dealkylation sites (tertiary alicyclic amines) is 1. The topological polar surface area (TPSA) is 66.9 Å². The van der Waals surface area contributed by atoms with E-state index in [4.69, 9.17) is 4.74 Å². The van der Waals surface area contributed by atoms with Gasteiger partial charge in [0.2, 0.25) is 10.0 Å². The van der Waals surface area contributed by atoms with Crippen LogP contribution in [0.15, 0.2) is 46.7 Å². The van der Waals surface area contributed by atoms with Gasteiger partial charge in [0.25, 0.3) is 5.91 Å². The second-order valence-electron chi connectivity index (χ2n) is 6.71. The molecule has 2 aliphatic heterocycles. The van der Waals surface area contributed by atoms with Gasteiger partial charge in [0, 0.05) is 30.1 Å². The van der Waals surface area contributed by atoms with Gasteiger partial charge in [-0.2, -0.15) is 4.31 Å². The summed E-state index contributed by atoms with van der Waals surface area (Å²) in [6.07, 6.45) is 1.95. The minimum atomic E-state index is -3.54. The molecule has 1 aromatic heterocycles. The van der Waals surface area contributed by atoms with Crippen LogP contribution < -0.4 is 0 Å². The molecule has 2 saturated heterocycles. The van der Waals surface area contributed by atoms with E-state index in [1.807, 2.05) is 16.3 Å². The Hall–Kier alpha value is -1.74. The lowest BCUT2D eigenvalue weighted by atomic mass is 10.1. The number of hydrogen-bond acceptors (Lipinski definition) is 5. The largest absolute Gasteiger partial charge is 0.379 e. The predicted octanol–water partition coefficient (Wildman–Crippen LogP) is 2.75. The molecule has 6 nitrogen and oxygen atoms in total. The fraction of sp³-hybridized carbons (Fsp3) is 0.421. The molecule has 2 aromatic rings. The number of carbonyl (C=O) groups excluding carboxylic acids is 1. The average Bonchev–Trinajstić information content (AvgIpc) is 3.39. The van der Waals surface area contributed by atoms with Crippen molar-refractivity contribution in [1.82, 2.24) is 9.21 Å². The first-order chi connectivity index (χ1) is 13.1. The van der Waals surface area contributed by atoms with Crippen molar-refractivity contribution in [1.29, 1.82) is 0 Å². The average molecular weight is 407 g/mol. The van der Waals surface area contributed by atoms with E-state index < -0.39 is 10.0 Å². The molecular weight excluding hydrogens is 384 g/mol. The van der Waals surface area contributed by atoms with Gasteiger partial charge >= 0.3 is 0 Å². The lowest BCUT2D eigenvalue weighted by Crippen LogP contribution is -2.40. The number of benzene rings is 1. The zero-order valence-corrected chi connectivity index (χ0v) is 16.5. The third-order valence-electron chi connectivity index (χ3n) is 5.09. The first-order valence-electron chi connectivity index (χ1n) is 9.10. The first-order valence-corrected chi connectivity index (χ1v) is 11.4. The molecule has 4 rings (SSSR count). The van der Waals surface area contributed by atoms with Crippen LogP contribution in [0.25, 0.3) is 0 Å². The third-order valence-corrected chi connectivity index (χ3v) is 7.98. The molecule has 144 valence electrons. The Labute approximate surface area is 163 Å². The minimum absolute atomic E-state index is 0.0405. The molecule has 0 radical (unpaired) electrons. The van der Waals surface area contributed by atoms with Crippen LogP contribution in [0, 0.1) is 0 Å².